The van der Waals surface area contributed by atoms with Crippen LogP contribution in [0.4, 0.5) is 5.69 Å². The summed E-state index contributed by atoms with van der Waals surface area (Å²) in [4.78, 5) is 37.1. The van der Waals surface area contributed by atoms with Crippen molar-refractivity contribution in [3.8, 4) is 5.75 Å². The highest BCUT2D eigenvalue weighted by Gasteiger charge is 2.29. The molecule has 2 aliphatic rings. The van der Waals surface area contributed by atoms with Gasteiger partial charge in [0.05, 0.1) is 5.69 Å². The Hall–Kier alpha value is -2.37. The molecule has 1 aliphatic heterocycles. The van der Waals surface area contributed by atoms with Crippen molar-refractivity contribution in [2.24, 2.45) is 0 Å². The molecular weight excluding hydrogens is 298 g/mol. The zero-order valence-electron chi connectivity index (χ0n) is 13.0. The lowest BCUT2D eigenvalue weighted by molar-refractivity contribution is -0.147. The number of anilines is 1. The highest BCUT2D eigenvalue weighted by Crippen LogP contribution is 2.33. The van der Waals surface area contributed by atoms with Crippen LogP contribution in [-0.4, -0.2) is 36.9 Å². The van der Waals surface area contributed by atoms with Crippen LogP contribution < -0.4 is 9.64 Å². The van der Waals surface area contributed by atoms with Crippen molar-refractivity contribution in [3.05, 3.63) is 23.8 Å². The molecule has 1 amide bonds. The first-order chi connectivity index (χ1) is 11.0. The Bertz CT molecular complexity index is 648. The molecule has 122 valence electrons. The Kier molecular flexibility index (Phi) is 4.32. The van der Waals surface area contributed by atoms with Gasteiger partial charge < -0.3 is 9.47 Å². The van der Waals surface area contributed by atoms with Crippen LogP contribution in [0.5, 0.6) is 5.75 Å². The van der Waals surface area contributed by atoms with Gasteiger partial charge in [0.25, 0.3) is 5.91 Å². The van der Waals surface area contributed by atoms with Crippen molar-refractivity contribution >= 4 is 23.3 Å². The van der Waals surface area contributed by atoms with Crippen LogP contribution in [0.1, 0.15) is 43.0 Å². The molecule has 0 spiro atoms. The molecule has 6 heteroatoms. The number of benzene rings is 1. The summed E-state index contributed by atoms with van der Waals surface area (Å²) in [6.07, 6.45) is 3.86. The minimum atomic E-state index is -0.425. The van der Waals surface area contributed by atoms with E-state index in [2.05, 4.69) is 0 Å². The van der Waals surface area contributed by atoms with Gasteiger partial charge in [-0.1, -0.05) is 0 Å². The number of hydrogen-bond acceptors (Lipinski definition) is 5. The molecule has 23 heavy (non-hydrogen) atoms. The second-order valence-corrected chi connectivity index (χ2v) is 5.90. The Morgan fingerprint density at radius 1 is 1.30 bits per heavy atom. The van der Waals surface area contributed by atoms with Gasteiger partial charge in [-0.25, -0.2) is 0 Å². The van der Waals surface area contributed by atoms with Crippen LogP contribution >= 0.6 is 0 Å². The molecule has 1 heterocycles. The first kappa shape index (κ1) is 15.5. The number of Topliss-reactive ketones (excluding diaryl/α,β-unsaturated/α-hetero) is 1. The third-order valence-corrected chi connectivity index (χ3v) is 4.20. The molecule has 1 fully saturated rings. The van der Waals surface area contributed by atoms with Crippen molar-refractivity contribution in [3.63, 3.8) is 0 Å². The van der Waals surface area contributed by atoms with Crippen molar-refractivity contribution in [1.82, 2.24) is 0 Å². The molecule has 1 saturated carbocycles. The van der Waals surface area contributed by atoms with Gasteiger partial charge in [-0.3, -0.25) is 19.3 Å². The summed E-state index contributed by atoms with van der Waals surface area (Å²) in [5, 5.41) is 0. The van der Waals surface area contributed by atoms with Gasteiger partial charge in [-0.05, 0) is 50.8 Å². The summed E-state index contributed by atoms with van der Waals surface area (Å²) in [6.45, 7) is 1.17. The fourth-order valence-electron chi connectivity index (χ4n) is 2.95. The monoisotopic (exact) mass is 317 g/mol. The average molecular weight is 317 g/mol. The lowest BCUT2D eigenvalue weighted by Crippen LogP contribution is -2.43. The zero-order valence-corrected chi connectivity index (χ0v) is 13.0. The van der Waals surface area contributed by atoms with Crippen LogP contribution in [0.3, 0.4) is 0 Å². The molecule has 0 unspecified atom stereocenters. The first-order valence-electron chi connectivity index (χ1n) is 7.82. The Labute approximate surface area is 134 Å². The number of hydrogen-bond donors (Lipinski definition) is 0. The molecule has 0 atom stereocenters. The van der Waals surface area contributed by atoms with Gasteiger partial charge >= 0.3 is 5.97 Å². The second kappa shape index (κ2) is 6.40. The van der Waals surface area contributed by atoms with Gasteiger partial charge in [0, 0.05) is 5.56 Å². The van der Waals surface area contributed by atoms with Gasteiger partial charge in [0.1, 0.15) is 18.4 Å². The van der Waals surface area contributed by atoms with Gasteiger partial charge in [0.15, 0.2) is 12.4 Å². The van der Waals surface area contributed by atoms with E-state index in [4.69, 9.17) is 9.47 Å². The Morgan fingerprint density at radius 3 is 2.74 bits per heavy atom. The van der Waals surface area contributed by atoms with Gasteiger partial charge in [-0.2, -0.15) is 0 Å². The SMILES string of the molecule is CC(=O)c1ccc2c(c1)N(CC(=O)OC1CCCC1)C(=O)CO2. The maximum Gasteiger partial charge on any atom is 0.326 e. The third-order valence-electron chi connectivity index (χ3n) is 4.20. The van der Waals surface area contributed by atoms with Gasteiger partial charge in [-0.15, -0.1) is 0 Å². The fourth-order valence-corrected chi connectivity index (χ4v) is 2.95. The van der Waals surface area contributed by atoms with Crippen molar-refractivity contribution in [2.75, 3.05) is 18.1 Å². The van der Waals surface area contributed by atoms with Crippen LogP contribution in [0.25, 0.3) is 0 Å². The van der Waals surface area contributed by atoms with Crippen LogP contribution in [0.15, 0.2) is 18.2 Å². The highest BCUT2D eigenvalue weighted by molar-refractivity contribution is 6.03. The number of fused-ring (bicyclic) bond motifs is 1. The minimum Gasteiger partial charge on any atom is -0.482 e. The Morgan fingerprint density at radius 2 is 2.04 bits per heavy atom. The molecule has 0 bridgehead atoms. The largest absolute Gasteiger partial charge is 0.482 e. The van der Waals surface area contributed by atoms with Crippen molar-refractivity contribution < 1.29 is 23.9 Å². The molecule has 0 N–H and O–H groups in total. The fraction of sp³-hybridized carbons (Fsp3) is 0.471. The number of rotatable bonds is 4. The lowest BCUT2D eigenvalue weighted by Gasteiger charge is -2.29. The van der Waals surface area contributed by atoms with E-state index >= 15 is 0 Å². The maximum absolute atomic E-state index is 12.1. The molecule has 6 nitrogen and oxygen atoms in total. The summed E-state index contributed by atoms with van der Waals surface area (Å²) in [7, 11) is 0. The van der Waals surface area contributed by atoms with Crippen molar-refractivity contribution in [1.29, 1.82) is 0 Å². The van der Waals surface area contributed by atoms with E-state index in [1.54, 1.807) is 18.2 Å². The highest BCUT2D eigenvalue weighted by atomic mass is 16.5. The van der Waals surface area contributed by atoms with Gasteiger partial charge in [0.2, 0.25) is 0 Å². The number of carbonyl (C=O) groups excluding carboxylic acids is 3. The third kappa shape index (κ3) is 3.36. The van der Waals surface area contributed by atoms with Crippen molar-refractivity contribution in [2.45, 2.75) is 38.7 Å². The van der Waals surface area contributed by atoms with E-state index in [1.165, 1.54) is 11.8 Å². The molecule has 3 rings (SSSR count). The molecule has 1 aliphatic carbocycles. The van der Waals surface area contributed by atoms with E-state index in [0.29, 0.717) is 17.0 Å². The molecular formula is C17H19NO5. The van der Waals surface area contributed by atoms with Crippen LogP contribution in [-0.2, 0) is 14.3 Å². The zero-order chi connectivity index (χ0) is 16.4. The summed E-state index contributed by atoms with van der Waals surface area (Å²) in [5.41, 5.74) is 0.911. The molecule has 1 aromatic carbocycles. The lowest BCUT2D eigenvalue weighted by atomic mass is 10.1. The van der Waals surface area contributed by atoms with E-state index in [-0.39, 0.29) is 30.9 Å². The quantitative estimate of drug-likeness (QED) is 0.628. The Balaban J connectivity index is 1.78. The molecule has 0 aromatic heterocycles. The predicted octanol–water partition coefficient (Wildman–Crippen LogP) is 2.10. The minimum absolute atomic E-state index is 0.0401. The van der Waals surface area contributed by atoms with Crippen LogP contribution in [0, 0.1) is 0 Å². The number of carbonyl (C=O) groups is 3. The average Bonchev–Trinajstić information content (AvgIpc) is 3.02. The first-order valence-corrected chi connectivity index (χ1v) is 7.82. The normalized spacial score (nSPS) is 17.6. The topological polar surface area (TPSA) is 72.9 Å². The summed E-state index contributed by atoms with van der Waals surface area (Å²) < 4.78 is 10.8. The summed E-state index contributed by atoms with van der Waals surface area (Å²) >= 11 is 0. The number of nitrogens with zero attached hydrogens (tertiary/aromatic N) is 1. The molecule has 0 saturated heterocycles. The molecule has 1 aromatic rings. The van der Waals surface area contributed by atoms with E-state index in [1.807, 2.05) is 0 Å². The van der Waals surface area contributed by atoms with E-state index in [9.17, 15) is 14.4 Å². The van der Waals surface area contributed by atoms with E-state index < -0.39 is 5.97 Å². The number of amides is 1. The smallest absolute Gasteiger partial charge is 0.326 e. The summed E-state index contributed by atoms with van der Waals surface area (Å²) in [5.74, 6) is -0.365. The number of ketones is 1. The maximum atomic E-state index is 12.1. The van der Waals surface area contributed by atoms with Crippen LogP contribution in [0.2, 0.25) is 0 Å². The predicted molar refractivity (Wildman–Crippen MR) is 82.6 cm³/mol. The standard InChI is InChI=1S/C17H19NO5/c1-11(19)12-6-7-15-14(8-12)18(16(20)10-22-15)9-17(21)23-13-4-2-3-5-13/h6-8,13H,2-5,9-10H2,1H3. The number of esters is 1. The second-order valence-electron chi connectivity index (χ2n) is 5.90. The molecule has 0 radical (unpaired) electrons. The number of ether oxygens (including phenoxy) is 2. The summed E-state index contributed by atoms with van der Waals surface area (Å²) in [6, 6.07) is 4.87. The van der Waals surface area contributed by atoms with E-state index in [0.717, 1.165) is 25.7 Å².